The molecule has 0 aromatic heterocycles. The van der Waals surface area contributed by atoms with Gasteiger partial charge in [0.15, 0.2) is 0 Å². The maximum absolute atomic E-state index is 12.6. The van der Waals surface area contributed by atoms with Gasteiger partial charge in [-0.2, -0.15) is 0 Å². The summed E-state index contributed by atoms with van der Waals surface area (Å²) in [5.74, 6) is -0.335. The fourth-order valence-corrected chi connectivity index (χ4v) is 7.76. The molecule has 0 spiro atoms. The summed E-state index contributed by atoms with van der Waals surface area (Å²) < 4.78 is 33.6. The maximum Gasteiger partial charge on any atom is 0.472 e. The van der Waals surface area contributed by atoms with Crippen molar-refractivity contribution >= 4 is 13.8 Å². The van der Waals surface area contributed by atoms with Gasteiger partial charge in [-0.1, -0.05) is 197 Å². The van der Waals surface area contributed by atoms with Crippen molar-refractivity contribution in [2.75, 3.05) is 33.0 Å². The molecule has 0 aromatic rings. The molecule has 0 amide bonds. The van der Waals surface area contributed by atoms with Gasteiger partial charge in [0.25, 0.3) is 0 Å². The van der Waals surface area contributed by atoms with E-state index in [1.807, 2.05) is 0 Å². The Morgan fingerprint density at radius 1 is 0.500 bits per heavy atom. The maximum atomic E-state index is 12.6. The van der Waals surface area contributed by atoms with Crippen LogP contribution in [0.5, 0.6) is 0 Å². The average molecular weight is 866 g/mol. The fraction of sp³-hybridized carbons (Fsp3) is 0.824. The predicted octanol–water partition coefficient (Wildman–Crippen LogP) is 15.5. The molecule has 352 valence electrons. The molecular formula is C51H96NO7P. The molecule has 0 fully saturated rings. The van der Waals surface area contributed by atoms with Crippen LogP contribution in [0, 0.1) is 0 Å². The normalized spacial score (nSPS) is 13.7. The summed E-state index contributed by atoms with van der Waals surface area (Å²) in [6, 6.07) is 0. The number of nitrogens with two attached hydrogens (primary N) is 1. The Kier molecular flexibility index (Phi) is 47.2. The van der Waals surface area contributed by atoms with Crippen molar-refractivity contribution in [3.05, 3.63) is 48.6 Å². The number of carbonyl (C=O) groups excluding carboxylic acids is 1. The SMILES string of the molecule is CCCCC/C=C\C/C=C\C/C=C\CCCCCCCCCOCC(COP(=O)(O)OCCN)OC(=O)CCCCCCCCCCC/C=C\CCCCCCCCCC. The Bertz CT molecular complexity index is 1060. The van der Waals surface area contributed by atoms with Gasteiger partial charge in [-0.05, 0) is 77.0 Å². The van der Waals surface area contributed by atoms with Gasteiger partial charge in [0.05, 0.1) is 19.8 Å². The molecule has 0 heterocycles. The number of allylic oxidation sites excluding steroid dienone is 8. The van der Waals surface area contributed by atoms with Gasteiger partial charge in [-0.3, -0.25) is 13.8 Å². The Morgan fingerprint density at radius 2 is 0.883 bits per heavy atom. The zero-order valence-electron chi connectivity index (χ0n) is 39.2. The summed E-state index contributed by atoms with van der Waals surface area (Å²) in [6.45, 7) is 4.89. The van der Waals surface area contributed by atoms with Crippen molar-refractivity contribution in [1.29, 1.82) is 0 Å². The molecular weight excluding hydrogens is 770 g/mol. The summed E-state index contributed by atoms with van der Waals surface area (Å²) in [5.41, 5.74) is 5.39. The van der Waals surface area contributed by atoms with Gasteiger partial charge in [-0.15, -0.1) is 0 Å². The van der Waals surface area contributed by atoms with Crippen molar-refractivity contribution in [3.8, 4) is 0 Å². The van der Waals surface area contributed by atoms with E-state index in [2.05, 4.69) is 62.5 Å². The minimum atomic E-state index is -4.29. The molecule has 9 heteroatoms. The lowest BCUT2D eigenvalue weighted by Crippen LogP contribution is -2.28. The Morgan fingerprint density at radius 3 is 1.37 bits per heavy atom. The number of rotatable bonds is 48. The van der Waals surface area contributed by atoms with E-state index >= 15 is 0 Å². The van der Waals surface area contributed by atoms with E-state index in [4.69, 9.17) is 24.3 Å². The van der Waals surface area contributed by atoms with E-state index < -0.39 is 13.9 Å². The van der Waals surface area contributed by atoms with E-state index in [1.54, 1.807) is 0 Å². The lowest BCUT2D eigenvalue weighted by Gasteiger charge is -2.20. The molecule has 0 saturated heterocycles. The predicted molar refractivity (Wildman–Crippen MR) is 256 cm³/mol. The molecule has 60 heavy (non-hydrogen) atoms. The third kappa shape index (κ3) is 47.5. The molecule has 0 aliphatic carbocycles. The van der Waals surface area contributed by atoms with Crippen LogP contribution in [0.15, 0.2) is 48.6 Å². The van der Waals surface area contributed by atoms with Crippen molar-refractivity contribution in [2.45, 2.75) is 238 Å². The van der Waals surface area contributed by atoms with Crippen molar-refractivity contribution in [3.63, 3.8) is 0 Å². The highest BCUT2D eigenvalue weighted by Crippen LogP contribution is 2.43. The first-order valence-electron chi connectivity index (χ1n) is 25.1. The topological polar surface area (TPSA) is 117 Å². The summed E-state index contributed by atoms with van der Waals surface area (Å²) in [6.07, 6.45) is 58.5. The summed E-state index contributed by atoms with van der Waals surface area (Å²) in [5, 5.41) is 0. The Balaban J connectivity index is 3.98. The largest absolute Gasteiger partial charge is 0.472 e. The highest BCUT2D eigenvalue weighted by Gasteiger charge is 2.25. The minimum Gasteiger partial charge on any atom is -0.457 e. The van der Waals surface area contributed by atoms with E-state index in [1.165, 1.54) is 161 Å². The van der Waals surface area contributed by atoms with Crippen LogP contribution < -0.4 is 5.73 Å². The fourth-order valence-electron chi connectivity index (χ4n) is 7.00. The molecule has 0 aliphatic heterocycles. The van der Waals surface area contributed by atoms with Crippen molar-refractivity contribution in [1.82, 2.24) is 0 Å². The van der Waals surface area contributed by atoms with Gasteiger partial charge in [-0.25, -0.2) is 4.57 Å². The van der Waals surface area contributed by atoms with Crippen molar-refractivity contribution < 1.29 is 32.8 Å². The van der Waals surface area contributed by atoms with Gasteiger partial charge < -0.3 is 20.1 Å². The second-order valence-corrected chi connectivity index (χ2v) is 18.1. The Hall–Kier alpha value is -1.54. The lowest BCUT2D eigenvalue weighted by molar-refractivity contribution is -0.154. The van der Waals surface area contributed by atoms with Gasteiger partial charge in [0.1, 0.15) is 6.10 Å². The van der Waals surface area contributed by atoms with Crippen molar-refractivity contribution in [2.24, 2.45) is 5.73 Å². The number of hydrogen-bond acceptors (Lipinski definition) is 7. The molecule has 0 aliphatic rings. The van der Waals surface area contributed by atoms with Gasteiger partial charge in [0.2, 0.25) is 0 Å². The Labute approximate surface area is 371 Å². The standard InChI is InChI=1S/C51H96NO7P/c1-3-5-7-9-11-13-15-17-19-21-23-25-26-28-30-32-34-36-38-40-42-44-51(53)59-50(49-58-60(54,55)57-47-45-52)48-56-46-43-41-39-37-35-33-31-29-27-24-22-20-18-16-14-12-10-8-6-4-2/h12,14,18,20-21,23-24,27,50H,3-11,13,15-17,19,22,25-26,28-49,52H2,1-2H3,(H,54,55)/b14-12-,20-18-,23-21-,27-24-. The number of phosphoric ester groups is 1. The average Bonchev–Trinajstić information content (AvgIpc) is 3.24. The van der Waals surface area contributed by atoms with Crippen LogP contribution >= 0.6 is 7.82 Å². The van der Waals surface area contributed by atoms with Crippen LogP contribution in [0.2, 0.25) is 0 Å². The van der Waals surface area contributed by atoms with E-state index in [9.17, 15) is 14.3 Å². The summed E-state index contributed by atoms with van der Waals surface area (Å²) in [7, 11) is -4.29. The molecule has 3 N–H and O–H groups in total. The van der Waals surface area contributed by atoms with Crippen LogP contribution in [0.3, 0.4) is 0 Å². The highest BCUT2D eigenvalue weighted by molar-refractivity contribution is 7.47. The van der Waals surface area contributed by atoms with Gasteiger partial charge in [0, 0.05) is 19.6 Å². The molecule has 0 aromatic carbocycles. The molecule has 2 unspecified atom stereocenters. The third-order valence-electron chi connectivity index (χ3n) is 10.7. The first-order valence-corrected chi connectivity index (χ1v) is 26.6. The number of unbranched alkanes of at least 4 members (excludes halogenated alkanes) is 27. The van der Waals surface area contributed by atoms with Crippen LogP contribution in [-0.2, 0) is 27.9 Å². The quantitative estimate of drug-likeness (QED) is 0.0269. The molecule has 0 bridgehead atoms. The third-order valence-corrected chi connectivity index (χ3v) is 11.7. The monoisotopic (exact) mass is 866 g/mol. The zero-order valence-corrected chi connectivity index (χ0v) is 40.1. The molecule has 0 radical (unpaired) electrons. The van der Waals surface area contributed by atoms with Crippen LogP contribution in [0.25, 0.3) is 0 Å². The first-order chi connectivity index (χ1) is 29.4. The number of hydrogen-bond donors (Lipinski definition) is 2. The number of ether oxygens (including phenoxy) is 2. The van der Waals surface area contributed by atoms with Gasteiger partial charge >= 0.3 is 13.8 Å². The van der Waals surface area contributed by atoms with E-state index in [-0.39, 0.29) is 32.3 Å². The van der Waals surface area contributed by atoms with E-state index in [0.29, 0.717) is 13.0 Å². The molecule has 0 rings (SSSR count). The number of carbonyl (C=O) groups is 1. The zero-order chi connectivity index (χ0) is 43.7. The second kappa shape index (κ2) is 48.5. The van der Waals surface area contributed by atoms with Crippen LogP contribution in [0.1, 0.15) is 232 Å². The number of phosphoric acid groups is 1. The van der Waals surface area contributed by atoms with E-state index in [0.717, 1.165) is 51.4 Å². The lowest BCUT2D eigenvalue weighted by atomic mass is 10.1. The smallest absolute Gasteiger partial charge is 0.457 e. The van der Waals surface area contributed by atoms with Crippen LogP contribution in [-0.4, -0.2) is 49.9 Å². The highest BCUT2D eigenvalue weighted by atomic mass is 31.2. The molecule has 0 saturated carbocycles. The second-order valence-electron chi connectivity index (χ2n) is 16.7. The first kappa shape index (κ1) is 58.5. The summed E-state index contributed by atoms with van der Waals surface area (Å²) in [4.78, 5) is 22.6. The van der Waals surface area contributed by atoms with Crippen LogP contribution in [0.4, 0.5) is 0 Å². The molecule has 8 nitrogen and oxygen atoms in total. The minimum absolute atomic E-state index is 0.0973. The summed E-state index contributed by atoms with van der Waals surface area (Å²) >= 11 is 0. The number of esters is 1. The molecule has 2 atom stereocenters.